The van der Waals surface area contributed by atoms with E-state index in [1.165, 1.54) is 7.11 Å². The summed E-state index contributed by atoms with van der Waals surface area (Å²) in [6.07, 6.45) is 2.68. The summed E-state index contributed by atoms with van der Waals surface area (Å²) in [6.45, 7) is 3.61. The summed E-state index contributed by atoms with van der Waals surface area (Å²) in [5.41, 5.74) is 1.35. The van der Waals surface area contributed by atoms with Gasteiger partial charge < -0.3 is 14.8 Å². The van der Waals surface area contributed by atoms with E-state index in [1.807, 2.05) is 13.0 Å². The summed E-state index contributed by atoms with van der Waals surface area (Å²) in [6, 6.07) is 6.78. The van der Waals surface area contributed by atoms with Crippen LogP contribution in [0.5, 0.6) is 5.75 Å². The molecule has 0 unspecified atom stereocenters. The molecule has 0 heterocycles. The average Bonchev–Trinajstić information content (AvgIpc) is 2.46. The molecule has 1 rings (SSSR count). The number of amides is 1. The molecule has 0 aromatic heterocycles. The fourth-order valence-electron chi connectivity index (χ4n) is 1.46. The lowest BCUT2D eigenvalue weighted by Crippen LogP contribution is -2.13. The average molecular weight is 277 g/mol. The molecule has 1 N–H and O–H groups in total. The Morgan fingerprint density at radius 2 is 1.90 bits per heavy atom. The SMILES string of the molecule is CC/C=C(/C)C(=O)Nc1ccc(OCC(=O)OC)cc1. The number of esters is 1. The number of carbonyl (C=O) groups is 2. The van der Waals surface area contributed by atoms with Crippen molar-refractivity contribution in [1.29, 1.82) is 0 Å². The van der Waals surface area contributed by atoms with Crippen LogP contribution in [-0.2, 0) is 14.3 Å². The molecule has 20 heavy (non-hydrogen) atoms. The number of anilines is 1. The highest BCUT2D eigenvalue weighted by molar-refractivity contribution is 6.03. The highest BCUT2D eigenvalue weighted by Crippen LogP contribution is 2.16. The van der Waals surface area contributed by atoms with Crippen LogP contribution in [0.1, 0.15) is 20.3 Å². The normalized spacial score (nSPS) is 10.8. The summed E-state index contributed by atoms with van der Waals surface area (Å²) >= 11 is 0. The van der Waals surface area contributed by atoms with Gasteiger partial charge in [0, 0.05) is 11.3 Å². The van der Waals surface area contributed by atoms with Crippen LogP contribution in [0.25, 0.3) is 0 Å². The molecule has 0 saturated carbocycles. The highest BCUT2D eigenvalue weighted by atomic mass is 16.6. The van der Waals surface area contributed by atoms with Crippen molar-refractivity contribution < 1.29 is 19.1 Å². The number of carbonyl (C=O) groups excluding carboxylic acids is 2. The maximum Gasteiger partial charge on any atom is 0.343 e. The van der Waals surface area contributed by atoms with Crippen molar-refractivity contribution in [3.05, 3.63) is 35.9 Å². The van der Waals surface area contributed by atoms with Crippen molar-refractivity contribution in [3.8, 4) is 5.75 Å². The third-order valence-electron chi connectivity index (χ3n) is 2.57. The van der Waals surface area contributed by atoms with E-state index in [1.54, 1.807) is 31.2 Å². The Morgan fingerprint density at radius 3 is 2.45 bits per heavy atom. The van der Waals surface area contributed by atoms with Crippen LogP contribution in [0.3, 0.4) is 0 Å². The smallest absolute Gasteiger partial charge is 0.343 e. The predicted octanol–water partition coefficient (Wildman–Crippen LogP) is 2.53. The van der Waals surface area contributed by atoms with Gasteiger partial charge in [-0.25, -0.2) is 4.79 Å². The van der Waals surface area contributed by atoms with Gasteiger partial charge in [0.05, 0.1) is 7.11 Å². The van der Waals surface area contributed by atoms with E-state index in [4.69, 9.17) is 4.74 Å². The lowest BCUT2D eigenvalue weighted by Gasteiger charge is -2.08. The molecule has 1 amide bonds. The molecule has 1 aromatic carbocycles. The van der Waals surface area contributed by atoms with Crippen LogP contribution >= 0.6 is 0 Å². The van der Waals surface area contributed by atoms with Gasteiger partial charge in [-0.2, -0.15) is 0 Å². The maximum absolute atomic E-state index is 11.8. The minimum atomic E-state index is -0.442. The van der Waals surface area contributed by atoms with Crippen LogP contribution < -0.4 is 10.1 Å². The molecule has 0 aliphatic heterocycles. The van der Waals surface area contributed by atoms with Crippen molar-refractivity contribution in [2.45, 2.75) is 20.3 Å². The lowest BCUT2D eigenvalue weighted by atomic mass is 10.2. The first kappa shape index (κ1) is 15.8. The van der Waals surface area contributed by atoms with Crippen molar-refractivity contribution in [2.24, 2.45) is 0 Å². The van der Waals surface area contributed by atoms with Crippen LogP contribution in [0.4, 0.5) is 5.69 Å². The Hall–Kier alpha value is -2.30. The van der Waals surface area contributed by atoms with Gasteiger partial charge in [-0.1, -0.05) is 13.0 Å². The van der Waals surface area contributed by atoms with Gasteiger partial charge in [0.1, 0.15) is 5.75 Å². The predicted molar refractivity (Wildman–Crippen MR) is 76.6 cm³/mol. The van der Waals surface area contributed by atoms with Gasteiger partial charge in [-0.15, -0.1) is 0 Å². The zero-order chi connectivity index (χ0) is 15.0. The Bertz CT molecular complexity index is 491. The number of rotatable bonds is 6. The van der Waals surface area contributed by atoms with Gasteiger partial charge >= 0.3 is 5.97 Å². The van der Waals surface area contributed by atoms with E-state index < -0.39 is 5.97 Å². The molecule has 1 aromatic rings. The van der Waals surface area contributed by atoms with Gasteiger partial charge in [0.25, 0.3) is 5.91 Å². The molecule has 5 heteroatoms. The van der Waals surface area contributed by atoms with E-state index >= 15 is 0 Å². The molecule has 0 bridgehead atoms. The van der Waals surface area contributed by atoms with Gasteiger partial charge in [0.15, 0.2) is 6.61 Å². The highest BCUT2D eigenvalue weighted by Gasteiger charge is 2.05. The van der Waals surface area contributed by atoms with Gasteiger partial charge in [0.2, 0.25) is 0 Å². The van der Waals surface area contributed by atoms with Crippen molar-refractivity contribution >= 4 is 17.6 Å². The fraction of sp³-hybridized carbons (Fsp3) is 0.333. The molecule has 108 valence electrons. The van der Waals surface area contributed by atoms with E-state index in [0.29, 0.717) is 17.0 Å². The topological polar surface area (TPSA) is 64.6 Å². The molecular formula is C15H19NO4. The minimum absolute atomic E-state index is 0.130. The van der Waals surface area contributed by atoms with Crippen LogP contribution in [0.2, 0.25) is 0 Å². The molecule has 0 saturated heterocycles. The first-order chi connectivity index (χ1) is 9.56. The number of ether oxygens (including phenoxy) is 2. The number of nitrogens with one attached hydrogen (secondary N) is 1. The van der Waals surface area contributed by atoms with Crippen molar-refractivity contribution in [1.82, 2.24) is 0 Å². The second-order valence-electron chi connectivity index (χ2n) is 4.14. The Balaban J connectivity index is 2.56. The van der Waals surface area contributed by atoms with E-state index in [-0.39, 0.29) is 12.5 Å². The first-order valence-corrected chi connectivity index (χ1v) is 6.34. The summed E-state index contributed by atoms with van der Waals surface area (Å²) < 4.78 is 9.68. The van der Waals surface area contributed by atoms with Gasteiger partial charge in [-0.05, 0) is 37.6 Å². The number of benzene rings is 1. The van der Waals surface area contributed by atoms with E-state index in [0.717, 1.165) is 6.42 Å². The monoisotopic (exact) mass is 277 g/mol. The zero-order valence-electron chi connectivity index (χ0n) is 11.9. The van der Waals surface area contributed by atoms with Crippen molar-refractivity contribution in [2.75, 3.05) is 19.0 Å². The fourth-order valence-corrected chi connectivity index (χ4v) is 1.46. The minimum Gasteiger partial charge on any atom is -0.482 e. The van der Waals surface area contributed by atoms with E-state index in [9.17, 15) is 9.59 Å². The summed E-state index contributed by atoms with van der Waals surface area (Å²) in [7, 11) is 1.30. The zero-order valence-corrected chi connectivity index (χ0v) is 11.9. The molecule has 0 spiro atoms. The Kier molecular flexibility index (Phi) is 6.29. The lowest BCUT2D eigenvalue weighted by molar-refractivity contribution is -0.142. The Morgan fingerprint density at radius 1 is 1.25 bits per heavy atom. The van der Waals surface area contributed by atoms with Crippen LogP contribution in [0.15, 0.2) is 35.9 Å². The van der Waals surface area contributed by atoms with Crippen LogP contribution in [-0.4, -0.2) is 25.6 Å². The molecule has 0 atom stereocenters. The molecule has 0 aliphatic carbocycles. The van der Waals surface area contributed by atoms with E-state index in [2.05, 4.69) is 10.1 Å². The largest absolute Gasteiger partial charge is 0.482 e. The van der Waals surface area contributed by atoms with Gasteiger partial charge in [-0.3, -0.25) is 4.79 Å². The molecule has 0 radical (unpaired) electrons. The Labute approximate surface area is 118 Å². The molecule has 0 aliphatic rings. The summed E-state index contributed by atoms with van der Waals surface area (Å²) in [4.78, 5) is 22.7. The van der Waals surface area contributed by atoms with Crippen LogP contribution in [0, 0.1) is 0 Å². The molecular weight excluding hydrogens is 258 g/mol. The number of hydrogen-bond donors (Lipinski definition) is 1. The quantitative estimate of drug-likeness (QED) is 0.641. The molecule has 5 nitrogen and oxygen atoms in total. The van der Waals surface area contributed by atoms with Crippen molar-refractivity contribution in [3.63, 3.8) is 0 Å². The summed E-state index contributed by atoms with van der Waals surface area (Å²) in [5, 5.41) is 2.78. The standard InChI is InChI=1S/C15H19NO4/c1-4-5-11(2)15(18)16-12-6-8-13(9-7-12)20-10-14(17)19-3/h5-9H,4,10H2,1-3H3,(H,16,18)/b11-5-. The number of methoxy groups -OCH3 is 1. The first-order valence-electron chi connectivity index (χ1n) is 6.34. The molecule has 0 fully saturated rings. The second-order valence-corrected chi connectivity index (χ2v) is 4.14. The third-order valence-corrected chi connectivity index (χ3v) is 2.57. The number of allylic oxidation sites excluding steroid dienone is 1. The maximum atomic E-state index is 11.8. The second kappa shape index (κ2) is 7.99. The number of hydrogen-bond acceptors (Lipinski definition) is 4. The third kappa shape index (κ3) is 5.14. The summed E-state index contributed by atoms with van der Waals surface area (Å²) in [5.74, 6) is -0.0352.